The van der Waals surface area contributed by atoms with Crippen LogP contribution in [-0.4, -0.2) is 24.5 Å². The van der Waals surface area contributed by atoms with Crippen LogP contribution in [0, 0.1) is 0 Å². The van der Waals surface area contributed by atoms with Crippen LogP contribution >= 0.6 is 0 Å². The quantitative estimate of drug-likeness (QED) is 0.0944. The zero-order valence-electron chi connectivity index (χ0n) is 21.7. The number of hydrogen-bond donors (Lipinski definition) is 1. The van der Waals surface area contributed by atoms with Crippen LogP contribution in [0.5, 0.6) is 0 Å². The van der Waals surface area contributed by atoms with Gasteiger partial charge in [-0.05, 0) is 38.5 Å². The third kappa shape index (κ3) is 18.8. The van der Waals surface area contributed by atoms with E-state index in [0.717, 1.165) is 12.8 Å². The summed E-state index contributed by atoms with van der Waals surface area (Å²) in [4.78, 5) is 22.9. The summed E-state index contributed by atoms with van der Waals surface area (Å²) in [5.74, 6) is -0.313. The second-order valence-electron chi connectivity index (χ2n) is 9.89. The van der Waals surface area contributed by atoms with Gasteiger partial charge in [0.1, 0.15) is 6.04 Å². The van der Waals surface area contributed by atoms with E-state index in [1.54, 1.807) is 0 Å². The number of ether oxygens (including phenoxy) is 1. The summed E-state index contributed by atoms with van der Waals surface area (Å²) in [6.07, 6.45) is 32.3. The van der Waals surface area contributed by atoms with Crippen LogP contribution in [0.4, 0.5) is 0 Å². The number of rotatable bonds is 23. The Bertz CT molecular complexity index is 503. The topological polar surface area (TPSA) is 55.4 Å². The van der Waals surface area contributed by atoms with Gasteiger partial charge in [0.2, 0.25) is 5.91 Å². The van der Waals surface area contributed by atoms with Crippen LogP contribution < -0.4 is 5.32 Å². The molecule has 0 aromatic heterocycles. The Hall–Kier alpha value is -1.32. The number of esters is 1. The van der Waals surface area contributed by atoms with E-state index < -0.39 is 6.04 Å². The maximum absolute atomic E-state index is 11.8. The Morgan fingerprint density at radius 3 is 1.67 bits per heavy atom. The van der Waals surface area contributed by atoms with Gasteiger partial charge in [-0.2, -0.15) is 0 Å². The fraction of sp³-hybridized carbons (Fsp3) is 0.862. The van der Waals surface area contributed by atoms with Gasteiger partial charge in [-0.15, -0.1) is 0 Å². The molecule has 0 aromatic rings. The lowest BCUT2D eigenvalue weighted by Crippen LogP contribution is -2.34. The third-order valence-electron chi connectivity index (χ3n) is 6.68. The summed E-state index contributed by atoms with van der Waals surface area (Å²) in [6, 6.07) is -0.412. The molecule has 0 spiro atoms. The van der Waals surface area contributed by atoms with E-state index in [9.17, 15) is 9.59 Å². The monoisotopic (exact) mass is 463 g/mol. The van der Waals surface area contributed by atoms with E-state index in [1.165, 1.54) is 116 Å². The van der Waals surface area contributed by atoms with Gasteiger partial charge in [0.05, 0.1) is 6.61 Å². The molecule has 0 unspecified atom stereocenters. The molecule has 4 heteroatoms. The summed E-state index contributed by atoms with van der Waals surface area (Å²) < 4.78 is 5.26. The van der Waals surface area contributed by atoms with Crippen molar-refractivity contribution in [2.45, 2.75) is 154 Å². The number of allylic oxidation sites excluding steroid dienone is 2. The average Bonchev–Trinajstić information content (AvgIpc) is 3.26. The molecule has 1 amide bonds. The first-order valence-electron chi connectivity index (χ1n) is 14.3. The number of carbonyl (C=O) groups excluding carboxylic acids is 2. The van der Waals surface area contributed by atoms with E-state index in [0.29, 0.717) is 19.4 Å². The summed E-state index contributed by atoms with van der Waals surface area (Å²) in [7, 11) is 0. The minimum absolute atomic E-state index is 0.0452. The lowest BCUT2D eigenvalue weighted by Gasteiger charge is -2.09. The minimum atomic E-state index is -0.412. The average molecular weight is 464 g/mol. The van der Waals surface area contributed by atoms with Gasteiger partial charge in [0.15, 0.2) is 0 Å². The molecule has 1 saturated heterocycles. The summed E-state index contributed by atoms with van der Waals surface area (Å²) >= 11 is 0. The molecule has 0 radical (unpaired) electrons. The van der Waals surface area contributed by atoms with Crippen molar-refractivity contribution in [1.29, 1.82) is 0 Å². The van der Waals surface area contributed by atoms with E-state index >= 15 is 0 Å². The Labute approximate surface area is 204 Å². The molecular weight excluding hydrogens is 410 g/mol. The van der Waals surface area contributed by atoms with Crippen LogP contribution in [-0.2, 0) is 14.3 Å². The van der Waals surface area contributed by atoms with Crippen LogP contribution in [0.15, 0.2) is 12.2 Å². The predicted molar refractivity (Wildman–Crippen MR) is 139 cm³/mol. The normalized spacial score (nSPS) is 15.9. The molecule has 0 aromatic carbocycles. The van der Waals surface area contributed by atoms with E-state index in [4.69, 9.17) is 4.74 Å². The maximum Gasteiger partial charge on any atom is 0.328 e. The molecule has 1 fully saturated rings. The first kappa shape index (κ1) is 29.7. The molecule has 192 valence electrons. The number of carbonyl (C=O) groups is 2. The fourth-order valence-corrected chi connectivity index (χ4v) is 4.47. The fourth-order valence-electron chi connectivity index (χ4n) is 4.47. The Morgan fingerprint density at radius 2 is 1.21 bits per heavy atom. The number of amides is 1. The molecule has 1 aliphatic rings. The molecule has 1 atom stereocenters. The molecule has 0 saturated carbocycles. The molecule has 33 heavy (non-hydrogen) atoms. The van der Waals surface area contributed by atoms with Crippen molar-refractivity contribution in [2.24, 2.45) is 0 Å². The third-order valence-corrected chi connectivity index (χ3v) is 6.68. The van der Waals surface area contributed by atoms with Gasteiger partial charge < -0.3 is 10.1 Å². The van der Waals surface area contributed by atoms with Crippen LogP contribution in [0.1, 0.15) is 148 Å². The van der Waals surface area contributed by atoms with Gasteiger partial charge in [0.25, 0.3) is 0 Å². The SMILES string of the molecule is CCCCCCCCCCCCCC/C=C/CCCCCCCCOC(=O)[C@@H]1CCC(=O)N1. The van der Waals surface area contributed by atoms with E-state index in [-0.39, 0.29) is 11.9 Å². The summed E-state index contributed by atoms with van der Waals surface area (Å²) in [6.45, 7) is 2.76. The molecule has 4 nitrogen and oxygen atoms in total. The van der Waals surface area contributed by atoms with Crippen molar-refractivity contribution in [3.63, 3.8) is 0 Å². The Balaban J connectivity index is 1.71. The number of unbranched alkanes of at least 4 members (excludes halogenated alkanes) is 18. The minimum Gasteiger partial charge on any atom is -0.464 e. The summed E-state index contributed by atoms with van der Waals surface area (Å²) in [5.41, 5.74) is 0. The van der Waals surface area contributed by atoms with Crippen molar-refractivity contribution in [3.8, 4) is 0 Å². The van der Waals surface area contributed by atoms with E-state index in [1.807, 2.05) is 0 Å². The van der Waals surface area contributed by atoms with Crippen LogP contribution in [0.25, 0.3) is 0 Å². The van der Waals surface area contributed by atoms with Gasteiger partial charge in [-0.25, -0.2) is 4.79 Å². The van der Waals surface area contributed by atoms with Crippen molar-refractivity contribution in [1.82, 2.24) is 5.32 Å². The Kier molecular flexibility index (Phi) is 20.2. The highest BCUT2D eigenvalue weighted by atomic mass is 16.5. The largest absolute Gasteiger partial charge is 0.464 e. The highest BCUT2D eigenvalue weighted by Crippen LogP contribution is 2.13. The zero-order chi connectivity index (χ0) is 23.8. The predicted octanol–water partition coefficient (Wildman–Crippen LogP) is 8.19. The van der Waals surface area contributed by atoms with Crippen molar-refractivity contribution < 1.29 is 14.3 Å². The molecule has 1 N–H and O–H groups in total. The molecule has 1 aliphatic heterocycles. The second kappa shape index (κ2) is 22.5. The molecule has 0 bridgehead atoms. The van der Waals surface area contributed by atoms with Crippen LogP contribution in [0.3, 0.4) is 0 Å². The van der Waals surface area contributed by atoms with Crippen molar-refractivity contribution in [3.05, 3.63) is 12.2 Å². The van der Waals surface area contributed by atoms with Crippen LogP contribution in [0.2, 0.25) is 0 Å². The highest BCUT2D eigenvalue weighted by molar-refractivity contribution is 5.87. The van der Waals surface area contributed by atoms with E-state index in [2.05, 4.69) is 24.4 Å². The van der Waals surface area contributed by atoms with Crippen molar-refractivity contribution >= 4 is 11.9 Å². The molecule has 0 aliphatic carbocycles. The number of hydrogen-bond acceptors (Lipinski definition) is 3. The Morgan fingerprint density at radius 1 is 0.758 bits per heavy atom. The first-order valence-corrected chi connectivity index (χ1v) is 14.3. The molecular formula is C29H53NO3. The van der Waals surface area contributed by atoms with Gasteiger partial charge >= 0.3 is 5.97 Å². The first-order chi connectivity index (χ1) is 16.2. The maximum atomic E-state index is 11.8. The molecule has 1 heterocycles. The lowest BCUT2D eigenvalue weighted by molar-refractivity contribution is -0.146. The second-order valence-corrected chi connectivity index (χ2v) is 9.89. The standard InChI is InChI=1S/C29H53NO3/c1-2-3-4-5-6-7-8-9-10-11-12-13-14-15-16-17-18-19-20-21-22-23-26-33-29(32)27-24-25-28(31)30-27/h15-16,27H,2-14,17-26H2,1H3,(H,30,31)/b16-15+/t27-/m0/s1. The summed E-state index contributed by atoms with van der Waals surface area (Å²) in [5, 5.41) is 2.65. The number of nitrogens with one attached hydrogen (secondary N) is 1. The molecule has 1 rings (SSSR count). The van der Waals surface area contributed by atoms with Crippen molar-refractivity contribution in [2.75, 3.05) is 6.61 Å². The van der Waals surface area contributed by atoms with Gasteiger partial charge in [-0.1, -0.05) is 115 Å². The smallest absolute Gasteiger partial charge is 0.328 e. The van der Waals surface area contributed by atoms with Gasteiger partial charge in [0, 0.05) is 6.42 Å². The zero-order valence-corrected chi connectivity index (χ0v) is 21.7. The van der Waals surface area contributed by atoms with Gasteiger partial charge in [-0.3, -0.25) is 4.79 Å². The lowest BCUT2D eigenvalue weighted by atomic mass is 10.0. The highest BCUT2D eigenvalue weighted by Gasteiger charge is 2.28.